The van der Waals surface area contributed by atoms with Crippen molar-refractivity contribution in [2.45, 2.75) is 19.4 Å². The lowest BCUT2D eigenvalue weighted by Gasteiger charge is -2.13. The Hall–Kier alpha value is -2.93. The zero-order valence-electron chi connectivity index (χ0n) is 14.2. The number of fused-ring (bicyclic) bond motifs is 1. The van der Waals surface area contributed by atoms with Gasteiger partial charge in [-0.3, -0.25) is 4.79 Å². The fraction of sp³-hybridized carbons (Fsp3) is 0.211. The van der Waals surface area contributed by atoms with Gasteiger partial charge in [0.15, 0.2) is 0 Å². The fourth-order valence-corrected chi connectivity index (χ4v) is 3.53. The average Bonchev–Trinajstić information content (AvgIpc) is 3.05. The largest absolute Gasteiger partial charge is 0.550 e. The van der Waals surface area contributed by atoms with Gasteiger partial charge in [0.25, 0.3) is 0 Å². The molecule has 0 radical (unpaired) electrons. The molecule has 2 aromatic carbocycles. The summed E-state index contributed by atoms with van der Waals surface area (Å²) in [6.45, 7) is 0.334. The van der Waals surface area contributed by atoms with Crippen LogP contribution in [0.3, 0.4) is 0 Å². The smallest absolute Gasteiger partial charge is 0.227 e. The number of amides is 1. The van der Waals surface area contributed by atoms with E-state index in [1.165, 1.54) is 11.3 Å². The van der Waals surface area contributed by atoms with Crippen molar-refractivity contribution in [1.29, 1.82) is 0 Å². The molecule has 0 spiro atoms. The van der Waals surface area contributed by atoms with E-state index < -0.39 is 5.97 Å². The van der Waals surface area contributed by atoms with Crippen LogP contribution in [0, 0.1) is 0 Å². The molecule has 1 amide bonds. The van der Waals surface area contributed by atoms with Crippen molar-refractivity contribution in [2.75, 3.05) is 7.11 Å². The van der Waals surface area contributed by atoms with Crippen molar-refractivity contribution in [1.82, 2.24) is 10.3 Å². The Bertz CT molecular complexity index is 952. The van der Waals surface area contributed by atoms with E-state index in [0.717, 1.165) is 22.1 Å². The van der Waals surface area contributed by atoms with Gasteiger partial charge >= 0.3 is 0 Å². The summed E-state index contributed by atoms with van der Waals surface area (Å²) in [5.74, 6) is -0.654. The van der Waals surface area contributed by atoms with Crippen molar-refractivity contribution in [3.63, 3.8) is 0 Å². The molecule has 0 saturated heterocycles. The molecule has 1 N–H and O–H groups in total. The van der Waals surface area contributed by atoms with Crippen LogP contribution in [0.1, 0.15) is 16.3 Å². The molecule has 0 saturated carbocycles. The molecule has 134 valence electrons. The Morgan fingerprint density at radius 3 is 2.77 bits per heavy atom. The molecule has 3 rings (SSSR count). The first-order valence-corrected chi connectivity index (χ1v) is 8.89. The summed E-state index contributed by atoms with van der Waals surface area (Å²) in [4.78, 5) is 27.0. The van der Waals surface area contributed by atoms with Crippen LogP contribution in [0.5, 0.6) is 5.75 Å². The molecule has 0 aliphatic rings. The number of carboxylic acid groups (broad SMARTS) is 1. The average molecular weight is 369 g/mol. The third-order valence-electron chi connectivity index (χ3n) is 3.92. The third kappa shape index (κ3) is 4.18. The number of carbonyl (C=O) groups is 2. The van der Waals surface area contributed by atoms with Crippen LogP contribution in [-0.2, 0) is 29.0 Å². The van der Waals surface area contributed by atoms with Gasteiger partial charge in [0.1, 0.15) is 10.8 Å². The van der Waals surface area contributed by atoms with E-state index in [-0.39, 0.29) is 18.7 Å². The van der Waals surface area contributed by atoms with Gasteiger partial charge < -0.3 is 20.0 Å². The SMILES string of the molecule is COc1ccc2ccccc2c1CNC(=O)Cc1nc(CC(=O)[O-])cs1. The van der Waals surface area contributed by atoms with Gasteiger partial charge in [0, 0.05) is 29.9 Å². The minimum absolute atomic E-state index is 0.102. The Morgan fingerprint density at radius 2 is 2.00 bits per heavy atom. The van der Waals surface area contributed by atoms with Crippen molar-refractivity contribution >= 4 is 34.0 Å². The summed E-state index contributed by atoms with van der Waals surface area (Å²) < 4.78 is 5.42. The van der Waals surface area contributed by atoms with E-state index in [1.54, 1.807) is 12.5 Å². The quantitative estimate of drug-likeness (QED) is 0.681. The summed E-state index contributed by atoms with van der Waals surface area (Å²) in [6, 6.07) is 11.8. The Kier molecular flexibility index (Phi) is 5.48. The lowest BCUT2D eigenvalue weighted by molar-refractivity contribution is -0.304. The Balaban J connectivity index is 1.69. The number of aromatic nitrogens is 1. The van der Waals surface area contributed by atoms with Gasteiger partial charge in [0.2, 0.25) is 5.91 Å². The van der Waals surface area contributed by atoms with Crippen molar-refractivity contribution < 1.29 is 19.4 Å². The minimum atomic E-state index is -1.19. The highest BCUT2D eigenvalue weighted by molar-refractivity contribution is 7.09. The van der Waals surface area contributed by atoms with E-state index >= 15 is 0 Å². The monoisotopic (exact) mass is 369 g/mol. The maximum atomic E-state index is 12.2. The number of hydrogen-bond donors (Lipinski definition) is 1. The molecule has 1 heterocycles. The molecule has 0 aliphatic carbocycles. The Labute approximate surface area is 154 Å². The van der Waals surface area contributed by atoms with E-state index in [2.05, 4.69) is 10.3 Å². The van der Waals surface area contributed by atoms with E-state index in [1.807, 2.05) is 36.4 Å². The maximum Gasteiger partial charge on any atom is 0.227 e. The number of ether oxygens (including phenoxy) is 1. The lowest BCUT2D eigenvalue weighted by atomic mass is 10.0. The number of rotatable bonds is 7. The molecule has 0 fully saturated rings. The first-order valence-electron chi connectivity index (χ1n) is 8.01. The van der Waals surface area contributed by atoms with Gasteiger partial charge in [-0.1, -0.05) is 30.3 Å². The molecule has 1 aromatic heterocycles. The molecule has 0 unspecified atom stereocenters. The van der Waals surface area contributed by atoms with Gasteiger partial charge in [-0.25, -0.2) is 4.98 Å². The van der Waals surface area contributed by atoms with Crippen LogP contribution < -0.4 is 15.2 Å². The standard InChI is InChI=1S/C19H18N2O4S/c1-25-16-7-6-12-4-2-3-5-14(12)15(16)10-20-17(22)9-18-21-13(11-26-18)8-19(23)24/h2-7,11H,8-10H2,1H3,(H,20,22)(H,23,24)/p-1. The second-order valence-electron chi connectivity index (χ2n) is 5.70. The summed E-state index contributed by atoms with van der Waals surface area (Å²) in [5, 5.41) is 17.8. The van der Waals surface area contributed by atoms with Crippen LogP contribution in [0.15, 0.2) is 41.8 Å². The van der Waals surface area contributed by atoms with E-state index in [4.69, 9.17) is 4.74 Å². The van der Waals surface area contributed by atoms with E-state index in [9.17, 15) is 14.7 Å². The first kappa shape index (κ1) is 17.9. The number of carbonyl (C=O) groups excluding carboxylic acids is 2. The molecule has 7 heteroatoms. The predicted octanol–water partition coefficient (Wildman–Crippen LogP) is 1.46. The fourth-order valence-electron chi connectivity index (χ4n) is 2.74. The van der Waals surface area contributed by atoms with Crippen molar-refractivity contribution in [3.8, 4) is 5.75 Å². The van der Waals surface area contributed by atoms with Gasteiger partial charge in [-0.05, 0) is 16.8 Å². The van der Waals surface area contributed by atoms with Gasteiger partial charge in [0.05, 0.1) is 19.2 Å². The highest BCUT2D eigenvalue weighted by Crippen LogP contribution is 2.27. The number of nitrogens with one attached hydrogen (secondary N) is 1. The number of nitrogens with zero attached hydrogens (tertiary/aromatic N) is 1. The van der Waals surface area contributed by atoms with Gasteiger partial charge in [-0.15, -0.1) is 11.3 Å². The van der Waals surface area contributed by atoms with Crippen LogP contribution in [0.25, 0.3) is 10.8 Å². The molecule has 6 nitrogen and oxygen atoms in total. The highest BCUT2D eigenvalue weighted by Gasteiger charge is 2.12. The minimum Gasteiger partial charge on any atom is -0.550 e. The topological polar surface area (TPSA) is 91.3 Å². The maximum absolute atomic E-state index is 12.2. The Morgan fingerprint density at radius 1 is 1.19 bits per heavy atom. The van der Waals surface area contributed by atoms with Crippen molar-refractivity contribution in [2.24, 2.45) is 0 Å². The van der Waals surface area contributed by atoms with Gasteiger partial charge in [-0.2, -0.15) is 0 Å². The zero-order valence-corrected chi connectivity index (χ0v) is 15.0. The summed E-state index contributed by atoms with van der Waals surface area (Å²) in [5.41, 5.74) is 1.32. The normalized spacial score (nSPS) is 10.7. The molecular weight excluding hydrogens is 352 g/mol. The second-order valence-corrected chi connectivity index (χ2v) is 6.65. The third-order valence-corrected chi connectivity index (χ3v) is 4.81. The van der Waals surface area contributed by atoms with Crippen LogP contribution >= 0.6 is 11.3 Å². The molecule has 0 bridgehead atoms. The van der Waals surface area contributed by atoms with Crippen molar-refractivity contribution in [3.05, 3.63) is 58.0 Å². The molecule has 3 aromatic rings. The zero-order chi connectivity index (χ0) is 18.5. The number of benzene rings is 2. The molecule has 26 heavy (non-hydrogen) atoms. The van der Waals surface area contributed by atoms with Crippen LogP contribution in [-0.4, -0.2) is 24.0 Å². The van der Waals surface area contributed by atoms with Crippen LogP contribution in [0.2, 0.25) is 0 Å². The molecule has 0 aliphatic heterocycles. The molecule has 0 atom stereocenters. The molecular formula is C19H17N2O4S-. The summed E-state index contributed by atoms with van der Waals surface area (Å²) in [6.07, 6.45) is -0.143. The predicted molar refractivity (Wildman–Crippen MR) is 96.9 cm³/mol. The second kappa shape index (κ2) is 7.97. The number of methoxy groups -OCH3 is 1. The summed E-state index contributed by atoms with van der Waals surface area (Å²) in [7, 11) is 1.60. The number of carboxylic acids is 1. The first-order chi connectivity index (χ1) is 12.6. The van der Waals surface area contributed by atoms with Crippen LogP contribution in [0.4, 0.5) is 0 Å². The summed E-state index contributed by atoms with van der Waals surface area (Å²) >= 11 is 1.26. The van der Waals surface area contributed by atoms with E-state index in [0.29, 0.717) is 17.2 Å². The number of aliphatic carboxylic acids is 1. The number of hydrogen-bond acceptors (Lipinski definition) is 6. The number of thiazole rings is 1. The highest BCUT2D eigenvalue weighted by atomic mass is 32.1. The lowest BCUT2D eigenvalue weighted by Crippen LogP contribution is -2.25.